The summed E-state index contributed by atoms with van der Waals surface area (Å²) in [7, 11) is 0. The van der Waals surface area contributed by atoms with E-state index in [-0.39, 0.29) is 6.04 Å². The zero-order chi connectivity index (χ0) is 14.5. The summed E-state index contributed by atoms with van der Waals surface area (Å²) in [6.45, 7) is 2.53. The van der Waals surface area contributed by atoms with E-state index in [0.29, 0.717) is 6.54 Å². The zero-order valence-corrected chi connectivity index (χ0v) is 13.3. The lowest BCUT2D eigenvalue weighted by Crippen LogP contribution is -2.20. The monoisotopic (exact) mass is 306 g/mol. The van der Waals surface area contributed by atoms with Gasteiger partial charge in [0.05, 0.1) is 6.04 Å². The molecule has 0 aliphatic rings. The quantitative estimate of drug-likeness (QED) is 0.800. The fourth-order valence-electron chi connectivity index (χ4n) is 2.00. The molecule has 0 saturated carbocycles. The largest absolute Gasteiger partial charge is 0.377 e. The summed E-state index contributed by atoms with van der Waals surface area (Å²) in [5, 5.41) is 4.20. The lowest BCUT2D eigenvalue weighted by molar-refractivity contribution is 0.789. The SMILES string of the molecule is CSc1ccc(C(CN)Nc2ccc(C)c(Cl)c2)cc1. The summed E-state index contributed by atoms with van der Waals surface area (Å²) in [5.74, 6) is 0. The highest BCUT2D eigenvalue weighted by Crippen LogP contribution is 2.25. The molecule has 0 saturated heterocycles. The van der Waals surface area contributed by atoms with Gasteiger partial charge in [-0.3, -0.25) is 0 Å². The van der Waals surface area contributed by atoms with E-state index in [1.807, 2.05) is 25.1 Å². The van der Waals surface area contributed by atoms with Gasteiger partial charge in [-0.1, -0.05) is 29.8 Å². The van der Waals surface area contributed by atoms with Gasteiger partial charge in [-0.05, 0) is 48.6 Å². The number of hydrogen-bond acceptors (Lipinski definition) is 3. The van der Waals surface area contributed by atoms with E-state index in [4.69, 9.17) is 17.3 Å². The molecule has 106 valence electrons. The van der Waals surface area contributed by atoms with Gasteiger partial charge in [0, 0.05) is 22.2 Å². The predicted octanol–water partition coefficient (Wildman–Crippen LogP) is 4.48. The van der Waals surface area contributed by atoms with E-state index < -0.39 is 0 Å². The topological polar surface area (TPSA) is 38.0 Å². The number of rotatable bonds is 5. The van der Waals surface area contributed by atoms with Crippen molar-refractivity contribution in [2.75, 3.05) is 18.1 Å². The highest BCUT2D eigenvalue weighted by atomic mass is 35.5. The van der Waals surface area contributed by atoms with Gasteiger partial charge in [-0.2, -0.15) is 0 Å². The lowest BCUT2D eigenvalue weighted by Gasteiger charge is -2.19. The van der Waals surface area contributed by atoms with E-state index in [0.717, 1.165) is 16.3 Å². The molecule has 2 nitrogen and oxygen atoms in total. The Morgan fingerprint density at radius 2 is 1.90 bits per heavy atom. The second kappa shape index (κ2) is 7.02. The number of benzene rings is 2. The molecule has 0 radical (unpaired) electrons. The van der Waals surface area contributed by atoms with Crippen molar-refractivity contribution in [2.45, 2.75) is 17.9 Å². The Morgan fingerprint density at radius 1 is 1.20 bits per heavy atom. The average molecular weight is 307 g/mol. The first-order chi connectivity index (χ1) is 9.63. The molecule has 0 fully saturated rings. The second-order valence-electron chi connectivity index (χ2n) is 4.67. The van der Waals surface area contributed by atoms with E-state index >= 15 is 0 Å². The Labute approximate surface area is 129 Å². The molecule has 0 bridgehead atoms. The first kappa shape index (κ1) is 15.2. The minimum atomic E-state index is 0.0877. The van der Waals surface area contributed by atoms with Crippen LogP contribution in [0.4, 0.5) is 5.69 Å². The summed E-state index contributed by atoms with van der Waals surface area (Å²) in [5.41, 5.74) is 9.14. The van der Waals surface area contributed by atoms with Crippen molar-refractivity contribution >= 4 is 29.1 Å². The van der Waals surface area contributed by atoms with Crippen LogP contribution in [0.3, 0.4) is 0 Å². The van der Waals surface area contributed by atoms with Gasteiger partial charge in [0.1, 0.15) is 0 Å². The van der Waals surface area contributed by atoms with Crippen LogP contribution in [-0.4, -0.2) is 12.8 Å². The van der Waals surface area contributed by atoms with Crippen LogP contribution in [0, 0.1) is 6.92 Å². The number of nitrogens with two attached hydrogens (primary N) is 1. The molecule has 1 unspecified atom stereocenters. The molecular formula is C16H19ClN2S. The number of thioether (sulfide) groups is 1. The molecule has 2 aromatic carbocycles. The van der Waals surface area contributed by atoms with Crippen LogP contribution in [0.5, 0.6) is 0 Å². The summed E-state index contributed by atoms with van der Waals surface area (Å²) < 4.78 is 0. The first-order valence-electron chi connectivity index (χ1n) is 6.50. The molecule has 0 amide bonds. The van der Waals surface area contributed by atoms with Gasteiger partial charge in [-0.15, -0.1) is 11.8 Å². The number of anilines is 1. The van der Waals surface area contributed by atoms with Crippen LogP contribution in [0.2, 0.25) is 5.02 Å². The fourth-order valence-corrected chi connectivity index (χ4v) is 2.59. The zero-order valence-electron chi connectivity index (χ0n) is 11.7. The number of nitrogens with one attached hydrogen (secondary N) is 1. The van der Waals surface area contributed by atoms with Crippen LogP contribution in [0.15, 0.2) is 47.4 Å². The van der Waals surface area contributed by atoms with Crippen LogP contribution >= 0.6 is 23.4 Å². The number of aryl methyl sites for hydroxylation is 1. The van der Waals surface area contributed by atoms with Crippen molar-refractivity contribution in [1.29, 1.82) is 0 Å². The van der Waals surface area contributed by atoms with E-state index in [1.54, 1.807) is 11.8 Å². The number of hydrogen-bond donors (Lipinski definition) is 2. The summed E-state index contributed by atoms with van der Waals surface area (Å²) >= 11 is 7.89. The summed E-state index contributed by atoms with van der Waals surface area (Å²) in [4.78, 5) is 1.25. The van der Waals surface area contributed by atoms with Crippen molar-refractivity contribution < 1.29 is 0 Å². The smallest absolute Gasteiger partial charge is 0.0636 e. The van der Waals surface area contributed by atoms with Crippen LogP contribution in [-0.2, 0) is 0 Å². The first-order valence-corrected chi connectivity index (χ1v) is 8.11. The minimum Gasteiger partial charge on any atom is -0.377 e. The third-order valence-corrected chi connectivity index (χ3v) is 4.42. The van der Waals surface area contributed by atoms with Gasteiger partial charge in [0.15, 0.2) is 0 Å². The summed E-state index contributed by atoms with van der Waals surface area (Å²) in [6.07, 6.45) is 2.07. The van der Waals surface area contributed by atoms with Gasteiger partial charge < -0.3 is 11.1 Å². The average Bonchev–Trinajstić information content (AvgIpc) is 2.48. The standard InChI is InChI=1S/C16H19ClN2S/c1-11-3-6-13(9-15(11)17)19-16(10-18)12-4-7-14(20-2)8-5-12/h3-9,16,19H,10,18H2,1-2H3. The van der Waals surface area contributed by atoms with Crippen molar-refractivity contribution in [2.24, 2.45) is 5.73 Å². The van der Waals surface area contributed by atoms with Gasteiger partial charge >= 0.3 is 0 Å². The van der Waals surface area contributed by atoms with Crippen molar-refractivity contribution in [3.8, 4) is 0 Å². The molecule has 0 spiro atoms. The molecule has 0 heterocycles. The molecule has 0 aliphatic heterocycles. The molecular weight excluding hydrogens is 288 g/mol. The predicted molar refractivity (Wildman–Crippen MR) is 89.8 cm³/mol. The maximum absolute atomic E-state index is 6.15. The van der Waals surface area contributed by atoms with Crippen LogP contribution in [0.25, 0.3) is 0 Å². The van der Waals surface area contributed by atoms with Crippen molar-refractivity contribution in [3.63, 3.8) is 0 Å². The maximum atomic E-state index is 6.15. The van der Waals surface area contributed by atoms with Crippen molar-refractivity contribution in [3.05, 3.63) is 58.6 Å². The normalized spacial score (nSPS) is 12.2. The lowest BCUT2D eigenvalue weighted by atomic mass is 10.1. The molecule has 2 aromatic rings. The molecule has 0 aromatic heterocycles. The van der Waals surface area contributed by atoms with E-state index in [9.17, 15) is 0 Å². The minimum absolute atomic E-state index is 0.0877. The Bertz CT molecular complexity index is 569. The van der Waals surface area contributed by atoms with Gasteiger partial charge in [0.25, 0.3) is 0 Å². The van der Waals surface area contributed by atoms with Gasteiger partial charge in [-0.25, -0.2) is 0 Å². The number of halogens is 1. The van der Waals surface area contributed by atoms with E-state index in [2.05, 4.69) is 35.8 Å². The molecule has 2 rings (SSSR count). The maximum Gasteiger partial charge on any atom is 0.0636 e. The van der Waals surface area contributed by atoms with Gasteiger partial charge in [0.2, 0.25) is 0 Å². The summed E-state index contributed by atoms with van der Waals surface area (Å²) in [6, 6.07) is 14.5. The van der Waals surface area contributed by atoms with Crippen LogP contribution < -0.4 is 11.1 Å². The molecule has 1 atom stereocenters. The third kappa shape index (κ3) is 3.69. The van der Waals surface area contributed by atoms with Crippen molar-refractivity contribution in [1.82, 2.24) is 0 Å². The molecule has 20 heavy (non-hydrogen) atoms. The fraction of sp³-hybridized carbons (Fsp3) is 0.250. The Balaban J connectivity index is 2.16. The van der Waals surface area contributed by atoms with E-state index in [1.165, 1.54) is 10.5 Å². The third-order valence-electron chi connectivity index (χ3n) is 3.27. The molecule has 4 heteroatoms. The Hall–Kier alpha value is -1.16. The van der Waals surface area contributed by atoms with Crippen LogP contribution in [0.1, 0.15) is 17.2 Å². The highest BCUT2D eigenvalue weighted by Gasteiger charge is 2.10. The molecule has 0 aliphatic carbocycles. The Kier molecular flexibility index (Phi) is 5.35. The highest BCUT2D eigenvalue weighted by molar-refractivity contribution is 7.98. The Morgan fingerprint density at radius 3 is 2.45 bits per heavy atom. The molecule has 3 N–H and O–H groups in total. The second-order valence-corrected chi connectivity index (χ2v) is 5.96.